The van der Waals surface area contributed by atoms with E-state index in [-0.39, 0.29) is 13.0 Å². The summed E-state index contributed by atoms with van der Waals surface area (Å²) in [5, 5.41) is 3.34. The Morgan fingerprint density at radius 1 is 1.18 bits per heavy atom. The third-order valence-electron chi connectivity index (χ3n) is 4.13. The van der Waals surface area contributed by atoms with E-state index >= 15 is 0 Å². The van der Waals surface area contributed by atoms with Crippen molar-refractivity contribution in [1.29, 1.82) is 0 Å². The van der Waals surface area contributed by atoms with E-state index in [1.165, 1.54) is 6.07 Å². The number of hydrogen-bond acceptors (Lipinski definition) is 6. The minimum atomic E-state index is -0.564. The summed E-state index contributed by atoms with van der Waals surface area (Å²) in [6.45, 7) is 9.45. The summed E-state index contributed by atoms with van der Waals surface area (Å²) in [6.07, 6.45) is 0.0514. The summed E-state index contributed by atoms with van der Waals surface area (Å²) < 4.78 is 15.7. The lowest BCUT2D eigenvalue weighted by Crippen LogP contribution is -2.33. The number of hydrogen-bond donors (Lipinski definition) is 1. The van der Waals surface area contributed by atoms with E-state index in [4.69, 9.17) is 13.9 Å². The van der Waals surface area contributed by atoms with E-state index in [2.05, 4.69) is 5.32 Å². The van der Waals surface area contributed by atoms with E-state index in [9.17, 15) is 14.4 Å². The Kier molecular flexibility index (Phi) is 6.83. The van der Waals surface area contributed by atoms with Crippen molar-refractivity contribution in [2.75, 3.05) is 6.54 Å². The zero-order valence-electron chi connectivity index (χ0n) is 17.0. The summed E-state index contributed by atoms with van der Waals surface area (Å²) in [5.74, 6) is -0.406. The second-order valence-corrected chi connectivity index (χ2v) is 7.67. The lowest BCUT2D eigenvalue weighted by atomic mass is 10.0. The minimum Gasteiger partial charge on any atom is -0.461 e. The molecule has 0 aliphatic heterocycles. The molecule has 0 aliphatic carbocycles. The number of nitrogens with one attached hydrogen (secondary N) is 1. The standard InChI is InChI=1S/C21H27NO6/c1-13-8-9-16-15(11-18(24)27-19(16)14(13)2)12-26-17(23)7-6-10-22-20(25)28-21(3,4)5/h8-9,11H,6-7,10,12H2,1-5H3,(H,22,25). The van der Waals surface area contributed by atoms with Crippen LogP contribution in [0.15, 0.2) is 27.4 Å². The summed E-state index contributed by atoms with van der Waals surface area (Å²) in [6, 6.07) is 5.13. The van der Waals surface area contributed by atoms with Crippen molar-refractivity contribution < 1.29 is 23.5 Å². The molecule has 1 N–H and O–H groups in total. The Bertz CT molecular complexity index is 923. The maximum atomic E-state index is 12.0. The van der Waals surface area contributed by atoms with Gasteiger partial charge in [-0.05, 0) is 52.2 Å². The lowest BCUT2D eigenvalue weighted by Gasteiger charge is -2.19. The normalized spacial score (nSPS) is 11.3. The fourth-order valence-electron chi connectivity index (χ4n) is 2.61. The highest BCUT2D eigenvalue weighted by molar-refractivity contribution is 5.84. The van der Waals surface area contributed by atoms with Gasteiger partial charge in [0, 0.05) is 30.0 Å². The molecule has 2 aromatic rings. The summed E-state index contributed by atoms with van der Waals surface area (Å²) in [5.41, 5.74) is 1.98. The van der Waals surface area contributed by atoms with Crippen LogP contribution >= 0.6 is 0 Å². The van der Waals surface area contributed by atoms with Gasteiger partial charge in [-0.3, -0.25) is 4.79 Å². The maximum Gasteiger partial charge on any atom is 0.407 e. The largest absolute Gasteiger partial charge is 0.461 e. The Morgan fingerprint density at radius 2 is 1.89 bits per heavy atom. The number of rotatable bonds is 6. The third kappa shape index (κ3) is 6.11. The van der Waals surface area contributed by atoms with Gasteiger partial charge in [-0.1, -0.05) is 12.1 Å². The number of esters is 1. The van der Waals surface area contributed by atoms with Crippen molar-refractivity contribution in [2.24, 2.45) is 0 Å². The predicted octanol–water partition coefficient (Wildman–Crippen LogP) is 3.76. The monoisotopic (exact) mass is 389 g/mol. The van der Waals surface area contributed by atoms with Crippen molar-refractivity contribution in [3.8, 4) is 0 Å². The Labute approximate surface area is 164 Å². The van der Waals surface area contributed by atoms with Crippen molar-refractivity contribution in [3.63, 3.8) is 0 Å². The van der Waals surface area contributed by atoms with Gasteiger partial charge in [0.05, 0.1) is 0 Å². The number of aryl methyl sites for hydroxylation is 2. The highest BCUT2D eigenvalue weighted by Gasteiger charge is 2.16. The molecule has 0 fully saturated rings. The number of alkyl carbamates (subject to hydrolysis) is 1. The van der Waals surface area contributed by atoms with Crippen LogP contribution in [-0.4, -0.2) is 24.2 Å². The van der Waals surface area contributed by atoms with Crippen LogP contribution in [0, 0.1) is 13.8 Å². The molecule has 2 rings (SSSR count). The van der Waals surface area contributed by atoms with Crippen LogP contribution in [0.3, 0.4) is 0 Å². The molecule has 1 amide bonds. The number of benzene rings is 1. The van der Waals surface area contributed by atoms with Crippen molar-refractivity contribution in [2.45, 2.75) is 59.7 Å². The van der Waals surface area contributed by atoms with Gasteiger partial charge in [0.2, 0.25) is 0 Å². The van der Waals surface area contributed by atoms with Crippen molar-refractivity contribution in [3.05, 3.63) is 45.3 Å². The molecule has 0 unspecified atom stereocenters. The van der Waals surface area contributed by atoms with Crippen LogP contribution in [0.4, 0.5) is 4.79 Å². The SMILES string of the molecule is Cc1ccc2c(COC(=O)CCCNC(=O)OC(C)(C)C)cc(=O)oc2c1C. The molecule has 7 heteroatoms. The highest BCUT2D eigenvalue weighted by Crippen LogP contribution is 2.23. The first kappa shape index (κ1) is 21.5. The van der Waals surface area contributed by atoms with Gasteiger partial charge in [0.25, 0.3) is 0 Å². The first-order valence-electron chi connectivity index (χ1n) is 9.22. The summed E-state index contributed by atoms with van der Waals surface area (Å²) in [4.78, 5) is 35.3. The van der Waals surface area contributed by atoms with Gasteiger partial charge in [-0.25, -0.2) is 9.59 Å². The van der Waals surface area contributed by atoms with Gasteiger partial charge in [-0.15, -0.1) is 0 Å². The molecule has 28 heavy (non-hydrogen) atoms. The number of carbonyl (C=O) groups excluding carboxylic acids is 2. The highest BCUT2D eigenvalue weighted by atomic mass is 16.6. The summed E-state index contributed by atoms with van der Waals surface area (Å²) in [7, 11) is 0. The van der Waals surface area contributed by atoms with Crippen LogP contribution in [-0.2, 0) is 20.9 Å². The van der Waals surface area contributed by atoms with Crippen LogP contribution in [0.5, 0.6) is 0 Å². The van der Waals surface area contributed by atoms with Gasteiger partial charge in [-0.2, -0.15) is 0 Å². The van der Waals surface area contributed by atoms with E-state index in [1.54, 1.807) is 20.8 Å². The Morgan fingerprint density at radius 3 is 2.57 bits per heavy atom. The zero-order valence-corrected chi connectivity index (χ0v) is 17.0. The summed E-state index contributed by atoms with van der Waals surface area (Å²) >= 11 is 0. The molecule has 152 valence electrons. The van der Waals surface area contributed by atoms with Crippen molar-refractivity contribution >= 4 is 23.0 Å². The fraction of sp³-hybridized carbons (Fsp3) is 0.476. The first-order chi connectivity index (χ1) is 13.1. The van der Waals surface area contributed by atoms with Crippen LogP contribution in [0.25, 0.3) is 11.0 Å². The van der Waals surface area contributed by atoms with E-state index in [1.807, 2.05) is 26.0 Å². The third-order valence-corrected chi connectivity index (χ3v) is 4.13. The molecular formula is C21H27NO6. The van der Waals surface area contributed by atoms with Gasteiger partial charge in [0.15, 0.2) is 0 Å². The molecule has 1 aromatic heterocycles. The molecule has 1 heterocycles. The number of fused-ring (bicyclic) bond motifs is 1. The fourth-order valence-corrected chi connectivity index (χ4v) is 2.61. The maximum absolute atomic E-state index is 12.0. The smallest absolute Gasteiger partial charge is 0.407 e. The molecule has 1 aromatic carbocycles. The topological polar surface area (TPSA) is 94.8 Å². The molecule has 0 aliphatic rings. The first-order valence-corrected chi connectivity index (χ1v) is 9.22. The second kappa shape index (κ2) is 8.91. The number of carbonyl (C=O) groups is 2. The predicted molar refractivity (Wildman–Crippen MR) is 105 cm³/mol. The number of ether oxygens (including phenoxy) is 2. The molecule has 0 radical (unpaired) electrons. The molecule has 0 saturated heterocycles. The minimum absolute atomic E-state index is 0.0110. The average Bonchev–Trinajstić information content (AvgIpc) is 2.58. The molecular weight excluding hydrogens is 362 g/mol. The van der Waals surface area contributed by atoms with E-state index < -0.39 is 23.3 Å². The van der Waals surface area contributed by atoms with Crippen molar-refractivity contribution in [1.82, 2.24) is 5.32 Å². The van der Waals surface area contributed by atoms with Gasteiger partial charge in [0.1, 0.15) is 17.8 Å². The average molecular weight is 389 g/mol. The quantitative estimate of drug-likeness (QED) is 0.459. The second-order valence-electron chi connectivity index (χ2n) is 7.67. The Hall–Kier alpha value is -2.83. The molecule has 0 atom stereocenters. The van der Waals surface area contributed by atoms with E-state index in [0.29, 0.717) is 24.1 Å². The molecule has 0 spiro atoms. The van der Waals surface area contributed by atoms with Crippen LogP contribution in [0.2, 0.25) is 0 Å². The van der Waals surface area contributed by atoms with Crippen LogP contribution in [0.1, 0.15) is 50.3 Å². The molecule has 7 nitrogen and oxygen atoms in total. The molecule has 0 bridgehead atoms. The molecule has 0 saturated carbocycles. The zero-order chi connectivity index (χ0) is 20.9. The Balaban J connectivity index is 1.87. The number of amides is 1. The van der Waals surface area contributed by atoms with Crippen LogP contribution < -0.4 is 10.9 Å². The van der Waals surface area contributed by atoms with Gasteiger partial charge < -0.3 is 19.2 Å². The van der Waals surface area contributed by atoms with E-state index in [0.717, 1.165) is 16.5 Å². The lowest BCUT2D eigenvalue weighted by molar-refractivity contribution is -0.145. The van der Waals surface area contributed by atoms with Gasteiger partial charge >= 0.3 is 17.7 Å².